The molecule has 0 heterocycles. The van der Waals surface area contributed by atoms with Crippen LogP contribution in [0.3, 0.4) is 0 Å². The highest BCUT2D eigenvalue weighted by Gasteiger charge is 2.33. The molecule has 0 radical (unpaired) electrons. The van der Waals surface area contributed by atoms with Gasteiger partial charge in [-0.3, -0.25) is 0 Å². The van der Waals surface area contributed by atoms with Crippen molar-refractivity contribution in [3.8, 4) is 22.3 Å². The molecule has 4 N–H and O–H groups in total. The Morgan fingerprint density at radius 3 is 1.58 bits per heavy atom. The van der Waals surface area contributed by atoms with Crippen LogP contribution in [0.1, 0.15) is 5.56 Å². The van der Waals surface area contributed by atoms with E-state index in [0.29, 0.717) is 11.3 Å². The van der Waals surface area contributed by atoms with Crippen molar-refractivity contribution < 1.29 is 13.2 Å². The van der Waals surface area contributed by atoms with Gasteiger partial charge in [0, 0.05) is 11.4 Å². The maximum Gasteiger partial charge on any atom is 0.417 e. The molecule has 0 bridgehead atoms. The number of benzene rings is 3. The molecule has 0 unspecified atom stereocenters. The third-order valence-electron chi connectivity index (χ3n) is 3.79. The summed E-state index contributed by atoms with van der Waals surface area (Å²) in [5.74, 6) is 0. The molecule has 0 aliphatic heterocycles. The van der Waals surface area contributed by atoms with Crippen molar-refractivity contribution in [3.63, 3.8) is 0 Å². The quantitative estimate of drug-likeness (QED) is 0.635. The molecular formula is C19H15F3N2. The normalized spacial score (nSPS) is 11.5. The first-order valence-corrected chi connectivity index (χ1v) is 7.28. The molecule has 0 aromatic heterocycles. The number of alkyl halides is 3. The number of halogens is 3. The Morgan fingerprint density at radius 1 is 0.583 bits per heavy atom. The van der Waals surface area contributed by atoms with Gasteiger partial charge in [0.05, 0.1) is 5.56 Å². The molecule has 0 aliphatic carbocycles. The van der Waals surface area contributed by atoms with Gasteiger partial charge in [0.2, 0.25) is 0 Å². The minimum absolute atomic E-state index is 0.0876. The van der Waals surface area contributed by atoms with Crippen LogP contribution in [-0.4, -0.2) is 0 Å². The van der Waals surface area contributed by atoms with Gasteiger partial charge >= 0.3 is 6.18 Å². The molecule has 24 heavy (non-hydrogen) atoms. The molecule has 122 valence electrons. The van der Waals surface area contributed by atoms with E-state index in [4.69, 9.17) is 11.5 Å². The SMILES string of the molecule is Nc1ccc(-c2ccc(-c3ccc(N)cc3C(F)(F)F)cc2)cc1. The lowest BCUT2D eigenvalue weighted by Crippen LogP contribution is -2.08. The van der Waals surface area contributed by atoms with Crippen molar-refractivity contribution in [2.75, 3.05) is 11.5 Å². The van der Waals surface area contributed by atoms with Gasteiger partial charge in [-0.15, -0.1) is 0 Å². The molecule has 2 nitrogen and oxygen atoms in total. The van der Waals surface area contributed by atoms with Gasteiger partial charge in [0.15, 0.2) is 0 Å². The lowest BCUT2D eigenvalue weighted by atomic mass is 9.96. The largest absolute Gasteiger partial charge is 0.417 e. The first-order valence-electron chi connectivity index (χ1n) is 7.28. The Morgan fingerprint density at radius 2 is 1.04 bits per heavy atom. The fraction of sp³-hybridized carbons (Fsp3) is 0.0526. The zero-order valence-electron chi connectivity index (χ0n) is 12.6. The molecule has 0 fully saturated rings. The number of anilines is 2. The fourth-order valence-electron chi connectivity index (χ4n) is 2.57. The lowest BCUT2D eigenvalue weighted by molar-refractivity contribution is -0.137. The van der Waals surface area contributed by atoms with Crippen molar-refractivity contribution >= 4 is 11.4 Å². The van der Waals surface area contributed by atoms with Crippen molar-refractivity contribution in [3.05, 3.63) is 72.3 Å². The molecule has 3 aromatic carbocycles. The van der Waals surface area contributed by atoms with Crippen molar-refractivity contribution in [2.24, 2.45) is 0 Å². The summed E-state index contributed by atoms with van der Waals surface area (Å²) in [6, 6.07) is 18.1. The minimum Gasteiger partial charge on any atom is -0.399 e. The molecule has 3 aromatic rings. The van der Waals surface area contributed by atoms with Crippen LogP contribution >= 0.6 is 0 Å². The molecule has 0 amide bonds. The highest BCUT2D eigenvalue weighted by Crippen LogP contribution is 2.38. The summed E-state index contributed by atoms with van der Waals surface area (Å²) in [5, 5.41) is 0. The molecule has 0 saturated carbocycles. The van der Waals surface area contributed by atoms with Gasteiger partial charge in [-0.1, -0.05) is 42.5 Å². The predicted octanol–water partition coefficient (Wildman–Crippen LogP) is 5.20. The van der Waals surface area contributed by atoms with Crippen LogP contribution in [0, 0.1) is 0 Å². The standard InChI is InChI=1S/C19H15F3N2/c20-19(21,22)18-11-16(24)9-10-17(18)14-3-1-12(2-4-14)13-5-7-15(23)8-6-13/h1-11H,23-24H2. The Bertz CT molecular complexity index is 851. The topological polar surface area (TPSA) is 52.0 Å². The van der Waals surface area contributed by atoms with E-state index in [2.05, 4.69) is 0 Å². The summed E-state index contributed by atoms with van der Waals surface area (Å²) in [6.07, 6.45) is -4.46. The van der Waals surface area contributed by atoms with Crippen LogP contribution in [0.5, 0.6) is 0 Å². The zero-order valence-corrected chi connectivity index (χ0v) is 12.6. The van der Waals surface area contributed by atoms with E-state index in [0.717, 1.165) is 17.2 Å². The lowest BCUT2D eigenvalue weighted by Gasteiger charge is -2.14. The molecule has 3 rings (SSSR count). The maximum atomic E-state index is 13.2. The molecule has 0 aliphatic rings. The van der Waals surface area contributed by atoms with E-state index in [1.54, 1.807) is 36.4 Å². The third kappa shape index (κ3) is 3.20. The van der Waals surface area contributed by atoms with Crippen LogP contribution in [-0.2, 0) is 6.18 Å². The second-order valence-electron chi connectivity index (χ2n) is 5.50. The fourth-order valence-corrected chi connectivity index (χ4v) is 2.57. The molecular weight excluding hydrogens is 313 g/mol. The highest BCUT2D eigenvalue weighted by molar-refractivity contribution is 5.74. The average Bonchev–Trinajstić information content (AvgIpc) is 2.55. The highest BCUT2D eigenvalue weighted by atomic mass is 19.4. The second-order valence-corrected chi connectivity index (χ2v) is 5.50. The Balaban J connectivity index is 2.01. The Labute approximate surface area is 137 Å². The van der Waals surface area contributed by atoms with E-state index in [9.17, 15) is 13.2 Å². The number of nitrogen functional groups attached to an aromatic ring is 2. The number of rotatable bonds is 2. The van der Waals surface area contributed by atoms with Crippen molar-refractivity contribution in [1.29, 1.82) is 0 Å². The average molecular weight is 328 g/mol. The van der Waals surface area contributed by atoms with Crippen molar-refractivity contribution in [2.45, 2.75) is 6.18 Å². The van der Waals surface area contributed by atoms with Crippen LogP contribution in [0.4, 0.5) is 24.5 Å². The van der Waals surface area contributed by atoms with Crippen molar-refractivity contribution in [1.82, 2.24) is 0 Å². The summed E-state index contributed by atoms with van der Waals surface area (Å²) >= 11 is 0. The predicted molar refractivity (Wildman–Crippen MR) is 91.1 cm³/mol. The molecule has 0 spiro atoms. The molecule has 5 heteroatoms. The van der Waals surface area contributed by atoms with Gasteiger partial charge in [-0.25, -0.2) is 0 Å². The van der Waals surface area contributed by atoms with E-state index in [1.165, 1.54) is 12.1 Å². The minimum atomic E-state index is -4.46. The van der Waals surface area contributed by atoms with Gasteiger partial charge in [-0.2, -0.15) is 13.2 Å². The number of hydrogen-bond donors (Lipinski definition) is 2. The summed E-state index contributed by atoms with van der Waals surface area (Å²) in [6.45, 7) is 0. The van der Waals surface area contributed by atoms with E-state index in [1.807, 2.05) is 12.1 Å². The number of hydrogen-bond acceptors (Lipinski definition) is 2. The van der Waals surface area contributed by atoms with Gasteiger partial charge in [-0.05, 0) is 46.5 Å². The smallest absolute Gasteiger partial charge is 0.399 e. The Kier molecular flexibility index (Phi) is 3.93. The van der Waals surface area contributed by atoms with E-state index < -0.39 is 11.7 Å². The first kappa shape index (κ1) is 15.9. The van der Waals surface area contributed by atoms with Gasteiger partial charge in [0.1, 0.15) is 0 Å². The van der Waals surface area contributed by atoms with E-state index in [-0.39, 0.29) is 11.3 Å². The van der Waals surface area contributed by atoms with Crippen LogP contribution in [0.25, 0.3) is 22.3 Å². The summed E-state index contributed by atoms with van der Waals surface area (Å²) in [7, 11) is 0. The summed E-state index contributed by atoms with van der Waals surface area (Å²) < 4.78 is 39.7. The summed E-state index contributed by atoms with van der Waals surface area (Å²) in [5.41, 5.74) is 13.6. The van der Waals surface area contributed by atoms with Gasteiger partial charge < -0.3 is 11.5 Å². The molecule has 0 atom stereocenters. The van der Waals surface area contributed by atoms with E-state index >= 15 is 0 Å². The number of nitrogens with two attached hydrogens (primary N) is 2. The zero-order chi connectivity index (χ0) is 17.3. The second kappa shape index (κ2) is 5.92. The molecule has 0 saturated heterocycles. The van der Waals surface area contributed by atoms with Gasteiger partial charge in [0.25, 0.3) is 0 Å². The Hall–Kier alpha value is -2.95. The monoisotopic (exact) mass is 328 g/mol. The van der Waals surface area contributed by atoms with Crippen LogP contribution < -0.4 is 11.5 Å². The third-order valence-corrected chi connectivity index (χ3v) is 3.79. The van der Waals surface area contributed by atoms with Crippen LogP contribution in [0.15, 0.2) is 66.7 Å². The first-order chi connectivity index (χ1) is 11.3. The van der Waals surface area contributed by atoms with Crippen LogP contribution in [0.2, 0.25) is 0 Å². The summed E-state index contributed by atoms with van der Waals surface area (Å²) in [4.78, 5) is 0. The maximum absolute atomic E-state index is 13.2.